The van der Waals surface area contributed by atoms with Crippen LogP contribution in [0.2, 0.25) is 0 Å². The van der Waals surface area contributed by atoms with Crippen molar-refractivity contribution in [2.24, 2.45) is 0 Å². The highest BCUT2D eigenvalue weighted by Crippen LogP contribution is 2.15. The normalized spacial score (nSPS) is 12.2. The van der Waals surface area contributed by atoms with Crippen LogP contribution in [-0.2, 0) is 16.0 Å². The second kappa shape index (κ2) is 8.67. The van der Waals surface area contributed by atoms with E-state index in [1.807, 2.05) is 24.3 Å². The van der Waals surface area contributed by atoms with E-state index < -0.39 is 0 Å². The van der Waals surface area contributed by atoms with Crippen molar-refractivity contribution in [3.8, 4) is 0 Å². The molecular formula is C15H24N2O2. The number of hydrogen-bond donors (Lipinski definition) is 2. The molecular weight excluding hydrogens is 240 g/mol. The van der Waals surface area contributed by atoms with Crippen molar-refractivity contribution in [3.05, 3.63) is 29.8 Å². The molecule has 0 radical (unpaired) electrons. The van der Waals surface area contributed by atoms with Gasteiger partial charge in [0.25, 0.3) is 0 Å². The average Bonchev–Trinajstić information content (AvgIpc) is 2.43. The lowest BCUT2D eigenvalue weighted by Crippen LogP contribution is -2.34. The Balaban J connectivity index is 2.53. The third-order valence-electron chi connectivity index (χ3n) is 3.09. The Morgan fingerprint density at radius 2 is 2.11 bits per heavy atom. The molecule has 2 N–H and O–H groups in total. The summed E-state index contributed by atoms with van der Waals surface area (Å²) < 4.78 is 5.07. The lowest BCUT2D eigenvalue weighted by Gasteiger charge is -2.13. The van der Waals surface area contributed by atoms with Crippen LogP contribution in [0.5, 0.6) is 0 Å². The summed E-state index contributed by atoms with van der Waals surface area (Å²) in [6, 6.07) is 8.18. The number of methoxy groups -OCH3 is 1. The van der Waals surface area contributed by atoms with Crippen LogP contribution in [0.3, 0.4) is 0 Å². The van der Waals surface area contributed by atoms with E-state index in [-0.39, 0.29) is 5.91 Å². The fraction of sp³-hybridized carbons (Fsp3) is 0.533. The molecule has 19 heavy (non-hydrogen) atoms. The zero-order chi connectivity index (χ0) is 14.1. The molecule has 1 atom stereocenters. The predicted octanol–water partition coefficient (Wildman–Crippen LogP) is 2.20. The van der Waals surface area contributed by atoms with Crippen LogP contribution in [0.25, 0.3) is 0 Å². The van der Waals surface area contributed by atoms with E-state index in [2.05, 4.69) is 24.5 Å². The summed E-state index contributed by atoms with van der Waals surface area (Å²) in [5.74, 6) is -0.00910. The number of carbonyl (C=O) groups excluding carboxylic acids is 1. The monoisotopic (exact) mass is 264 g/mol. The molecule has 1 aromatic carbocycles. The number of carbonyl (C=O) groups is 1. The maximum atomic E-state index is 11.9. The zero-order valence-corrected chi connectivity index (χ0v) is 12.0. The van der Waals surface area contributed by atoms with Crippen molar-refractivity contribution in [2.45, 2.75) is 32.7 Å². The second-order valence-electron chi connectivity index (χ2n) is 4.64. The molecule has 0 saturated carbocycles. The van der Waals surface area contributed by atoms with Crippen LogP contribution in [-0.4, -0.2) is 32.2 Å². The summed E-state index contributed by atoms with van der Waals surface area (Å²) in [6.45, 7) is 5.15. The van der Waals surface area contributed by atoms with Gasteiger partial charge in [-0.05, 0) is 31.4 Å². The van der Waals surface area contributed by atoms with Gasteiger partial charge in [-0.3, -0.25) is 4.79 Å². The molecule has 0 spiro atoms. The van der Waals surface area contributed by atoms with Crippen molar-refractivity contribution in [3.63, 3.8) is 0 Å². The predicted molar refractivity (Wildman–Crippen MR) is 78.4 cm³/mol. The largest absolute Gasteiger partial charge is 0.384 e. The smallest absolute Gasteiger partial charge is 0.238 e. The SMILES string of the molecule is CCC(C)NCC(=O)Nc1ccccc1CCOC. The fourth-order valence-electron chi connectivity index (χ4n) is 1.68. The number of ether oxygens (including phenoxy) is 1. The van der Waals surface area contributed by atoms with Gasteiger partial charge < -0.3 is 15.4 Å². The van der Waals surface area contributed by atoms with Crippen LogP contribution in [0, 0.1) is 0 Å². The second-order valence-corrected chi connectivity index (χ2v) is 4.64. The summed E-state index contributed by atoms with van der Waals surface area (Å²) in [4.78, 5) is 11.9. The van der Waals surface area contributed by atoms with E-state index in [0.29, 0.717) is 19.2 Å². The Kier molecular flexibility index (Phi) is 7.15. The number of amides is 1. The van der Waals surface area contributed by atoms with Gasteiger partial charge in [0.1, 0.15) is 0 Å². The molecule has 1 rings (SSSR count). The molecule has 0 bridgehead atoms. The first-order valence-electron chi connectivity index (χ1n) is 6.77. The minimum Gasteiger partial charge on any atom is -0.384 e. The summed E-state index contributed by atoms with van der Waals surface area (Å²) in [5.41, 5.74) is 1.97. The van der Waals surface area contributed by atoms with Crippen LogP contribution < -0.4 is 10.6 Å². The van der Waals surface area contributed by atoms with E-state index in [1.165, 1.54) is 0 Å². The molecule has 0 aliphatic heterocycles. The summed E-state index contributed by atoms with van der Waals surface area (Å²) in [7, 11) is 1.68. The molecule has 1 aromatic rings. The summed E-state index contributed by atoms with van der Waals surface area (Å²) >= 11 is 0. The van der Waals surface area contributed by atoms with Gasteiger partial charge in [-0.25, -0.2) is 0 Å². The first kappa shape index (κ1) is 15.7. The van der Waals surface area contributed by atoms with Crippen molar-refractivity contribution < 1.29 is 9.53 Å². The van der Waals surface area contributed by atoms with Gasteiger partial charge in [0.2, 0.25) is 5.91 Å². The highest BCUT2D eigenvalue weighted by molar-refractivity contribution is 5.93. The topological polar surface area (TPSA) is 50.4 Å². The van der Waals surface area contributed by atoms with Gasteiger partial charge in [0.05, 0.1) is 13.2 Å². The Labute approximate surface area is 115 Å². The van der Waals surface area contributed by atoms with Crippen molar-refractivity contribution in [2.75, 3.05) is 25.6 Å². The molecule has 0 heterocycles. The molecule has 106 valence electrons. The number of hydrogen-bond acceptors (Lipinski definition) is 3. The Bertz CT molecular complexity index is 393. The molecule has 0 fully saturated rings. The molecule has 0 aliphatic carbocycles. The third-order valence-corrected chi connectivity index (χ3v) is 3.09. The van der Waals surface area contributed by atoms with Crippen LogP contribution in [0.4, 0.5) is 5.69 Å². The maximum Gasteiger partial charge on any atom is 0.238 e. The van der Waals surface area contributed by atoms with Gasteiger partial charge >= 0.3 is 0 Å². The first-order chi connectivity index (χ1) is 9.17. The van der Waals surface area contributed by atoms with E-state index in [9.17, 15) is 4.79 Å². The Hall–Kier alpha value is -1.39. The molecule has 0 aromatic heterocycles. The molecule has 0 saturated heterocycles. The lowest BCUT2D eigenvalue weighted by molar-refractivity contribution is -0.115. The third kappa shape index (κ3) is 5.85. The number of nitrogens with one attached hydrogen (secondary N) is 2. The Morgan fingerprint density at radius 1 is 1.37 bits per heavy atom. The Morgan fingerprint density at radius 3 is 2.79 bits per heavy atom. The number of rotatable bonds is 8. The number of benzene rings is 1. The highest BCUT2D eigenvalue weighted by atomic mass is 16.5. The maximum absolute atomic E-state index is 11.9. The van der Waals surface area contributed by atoms with E-state index in [0.717, 1.165) is 24.1 Å². The van der Waals surface area contributed by atoms with Crippen LogP contribution in [0.1, 0.15) is 25.8 Å². The average molecular weight is 264 g/mol. The van der Waals surface area contributed by atoms with E-state index in [4.69, 9.17) is 4.74 Å². The van der Waals surface area contributed by atoms with Crippen LogP contribution in [0.15, 0.2) is 24.3 Å². The number of anilines is 1. The van der Waals surface area contributed by atoms with E-state index in [1.54, 1.807) is 7.11 Å². The zero-order valence-electron chi connectivity index (χ0n) is 12.0. The summed E-state index contributed by atoms with van der Waals surface area (Å²) in [5, 5.41) is 6.12. The molecule has 4 heteroatoms. The van der Waals surface area contributed by atoms with Crippen LogP contribution >= 0.6 is 0 Å². The standard InChI is InChI=1S/C15H24N2O2/c1-4-12(2)16-11-15(18)17-14-8-6-5-7-13(14)9-10-19-3/h5-8,12,16H,4,9-11H2,1-3H3,(H,17,18). The van der Waals surface area contributed by atoms with Crippen molar-refractivity contribution >= 4 is 11.6 Å². The first-order valence-corrected chi connectivity index (χ1v) is 6.77. The molecule has 1 unspecified atom stereocenters. The molecule has 4 nitrogen and oxygen atoms in total. The number of para-hydroxylation sites is 1. The van der Waals surface area contributed by atoms with Gasteiger partial charge in [0, 0.05) is 18.8 Å². The van der Waals surface area contributed by atoms with E-state index >= 15 is 0 Å². The molecule has 0 aliphatic rings. The molecule has 1 amide bonds. The highest BCUT2D eigenvalue weighted by Gasteiger charge is 2.07. The van der Waals surface area contributed by atoms with Crippen molar-refractivity contribution in [1.29, 1.82) is 0 Å². The van der Waals surface area contributed by atoms with Gasteiger partial charge in [0.15, 0.2) is 0 Å². The van der Waals surface area contributed by atoms with Gasteiger partial charge in [-0.15, -0.1) is 0 Å². The minimum atomic E-state index is -0.00910. The van der Waals surface area contributed by atoms with Crippen molar-refractivity contribution in [1.82, 2.24) is 5.32 Å². The quantitative estimate of drug-likeness (QED) is 0.757. The van der Waals surface area contributed by atoms with Gasteiger partial charge in [-0.2, -0.15) is 0 Å². The minimum absolute atomic E-state index is 0.00910. The fourth-order valence-corrected chi connectivity index (χ4v) is 1.68. The summed E-state index contributed by atoms with van der Waals surface area (Å²) in [6.07, 6.45) is 1.81. The lowest BCUT2D eigenvalue weighted by atomic mass is 10.1. The van der Waals surface area contributed by atoms with Gasteiger partial charge in [-0.1, -0.05) is 25.1 Å².